The molecule has 0 fully saturated rings. The van der Waals surface area contributed by atoms with Crippen LogP contribution in [0.5, 0.6) is 5.75 Å². The maximum Gasteiger partial charge on any atom is 0.293 e. The highest BCUT2D eigenvalue weighted by Gasteiger charge is 2.28. The highest BCUT2D eigenvalue weighted by molar-refractivity contribution is 7.92. The summed E-state index contributed by atoms with van der Waals surface area (Å²) in [6.07, 6.45) is 2.15. The minimum Gasteiger partial charge on any atom is -0.493 e. The van der Waals surface area contributed by atoms with Crippen molar-refractivity contribution in [3.8, 4) is 5.75 Å². The van der Waals surface area contributed by atoms with Crippen LogP contribution in [0.25, 0.3) is 0 Å². The largest absolute Gasteiger partial charge is 0.493 e. The number of rotatable bonds is 6. The van der Waals surface area contributed by atoms with Gasteiger partial charge in [0, 0.05) is 12.2 Å². The lowest BCUT2D eigenvalue weighted by atomic mass is 10.1. The van der Waals surface area contributed by atoms with Crippen LogP contribution >= 0.6 is 0 Å². The van der Waals surface area contributed by atoms with Gasteiger partial charge in [-0.2, -0.15) is 0 Å². The third kappa shape index (κ3) is 4.03. The number of hydrogen-bond acceptors (Lipinski definition) is 5. The molecular formula is C23H24N2O5S. The van der Waals surface area contributed by atoms with E-state index >= 15 is 0 Å². The zero-order chi connectivity index (χ0) is 22.2. The average Bonchev–Trinajstić information content (AvgIpc) is 3.39. The minimum atomic E-state index is -3.82. The normalized spacial score (nSPS) is 13.2. The fourth-order valence-electron chi connectivity index (χ4n) is 3.84. The monoisotopic (exact) mass is 440 g/mol. The summed E-state index contributed by atoms with van der Waals surface area (Å²) < 4.78 is 39.5. The molecule has 7 nitrogen and oxygen atoms in total. The van der Waals surface area contributed by atoms with Crippen molar-refractivity contribution in [3.05, 3.63) is 71.2 Å². The maximum absolute atomic E-state index is 13.0. The van der Waals surface area contributed by atoms with Crippen molar-refractivity contribution in [2.45, 2.75) is 32.1 Å². The number of nitrogens with zero attached hydrogens (tertiary/aromatic N) is 1. The van der Waals surface area contributed by atoms with E-state index in [0.29, 0.717) is 36.7 Å². The Morgan fingerprint density at radius 2 is 1.90 bits per heavy atom. The number of anilines is 2. The van der Waals surface area contributed by atoms with E-state index in [-0.39, 0.29) is 16.6 Å². The van der Waals surface area contributed by atoms with Crippen LogP contribution in [-0.4, -0.2) is 27.5 Å². The lowest BCUT2D eigenvalue weighted by molar-refractivity contribution is 0.0963. The van der Waals surface area contributed by atoms with Gasteiger partial charge in [-0.25, -0.2) is 8.42 Å². The van der Waals surface area contributed by atoms with E-state index in [1.807, 2.05) is 26.8 Å². The molecule has 1 aliphatic rings. The number of sulfonamides is 1. The van der Waals surface area contributed by atoms with Crippen LogP contribution < -0.4 is 14.4 Å². The molecule has 0 radical (unpaired) electrons. The number of ether oxygens (including phenoxy) is 1. The predicted octanol–water partition coefficient (Wildman–Crippen LogP) is 4.30. The molecular weight excluding hydrogens is 416 g/mol. The molecule has 31 heavy (non-hydrogen) atoms. The first-order valence-corrected chi connectivity index (χ1v) is 11.5. The van der Waals surface area contributed by atoms with Crippen molar-refractivity contribution < 1.29 is 22.4 Å². The van der Waals surface area contributed by atoms with E-state index < -0.39 is 10.0 Å². The second-order valence-corrected chi connectivity index (χ2v) is 9.13. The molecule has 0 spiro atoms. The molecule has 0 saturated carbocycles. The standard InChI is InChI=1S/C23H24N2O5S/c1-4-29-22-15(2)12-19(13-16(22)3)31(27,28)24-18-8-7-17-9-10-25(20(17)14-18)23(26)21-6-5-11-30-21/h5-8,11-14,24H,4,9-10H2,1-3H3. The lowest BCUT2D eigenvalue weighted by Gasteiger charge is -2.17. The lowest BCUT2D eigenvalue weighted by Crippen LogP contribution is -2.28. The van der Waals surface area contributed by atoms with Gasteiger partial charge in [-0.3, -0.25) is 9.52 Å². The predicted molar refractivity (Wildman–Crippen MR) is 118 cm³/mol. The fraction of sp³-hybridized carbons (Fsp3) is 0.261. The number of hydrogen-bond donors (Lipinski definition) is 1. The molecule has 3 aromatic rings. The number of benzene rings is 2. The summed E-state index contributed by atoms with van der Waals surface area (Å²) in [7, 11) is -3.82. The van der Waals surface area contributed by atoms with Gasteiger partial charge in [-0.1, -0.05) is 6.07 Å². The van der Waals surface area contributed by atoms with Crippen molar-refractivity contribution in [1.82, 2.24) is 0 Å². The number of furan rings is 1. The molecule has 162 valence electrons. The van der Waals surface area contributed by atoms with Gasteiger partial charge in [0.2, 0.25) is 0 Å². The second-order valence-electron chi connectivity index (χ2n) is 7.45. The van der Waals surface area contributed by atoms with Crippen molar-refractivity contribution in [2.75, 3.05) is 22.8 Å². The summed E-state index contributed by atoms with van der Waals surface area (Å²) in [5, 5.41) is 0. The first-order chi connectivity index (χ1) is 14.8. The smallest absolute Gasteiger partial charge is 0.293 e. The first-order valence-electron chi connectivity index (χ1n) is 10.1. The van der Waals surface area contributed by atoms with Gasteiger partial charge in [0.1, 0.15) is 5.75 Å². The van der Waals surface area contributed by atoms with Gasteiger partial charge in [-0.05, 0) is 80.3 Å². The van der Waals surface area contributed by atoms with Gasteiger partial charge in [0.25, 0.3) is 15.9 Å². The average molecular weight is 441 g/mol. The van der Waals surface area contributed by atoms with Gasteiger partial charge in [0.05, 0.1) is 23.5 Å². The van der Waals surface area contributed by atoms with Crippen molar-refractivity contribution in [1.29, 1.82) is 0 Å². The highest BCUT2D eigenvalue weighted by Crippen LogP contribution is 2.33. The quantitative estimate of drug-likeness (QED) is 0.617. The summed E-state index contributed by atoms with van der Waals surface area (Å²) in [6.45, 7) is 6.56. The molecule has 0 atom stereocenters. The molecule has 1 aromatic heterocycles. The molecule has 0 aliphatic carbocycles. The Labute approximate surface area is 181 Å². The third-order valence-electron chi connectivity index (χ3n) is 5.24. The summed E-state index contributed by atoms with van der Waals surface area (Å²) in [5.41, 5.74) is 3.57. The topological polar surface area (TPSA) is 88.9 Å². The molecule has 1 N–H and O–H groups in total. The molecule has 0 saturated heterocycles. The minimum absolute atomic E-state index is 0.162. The van der Waals surface area contributed by atoms with E-state index in [2.05, 4.69) is 4.72 Å². The number of fused-ring (bicyclic) bond motifs is 1. The molecule has 8 heteroatoms. The third-order valence-corrected chi connectivity index (χ3v) is 6.60. The van der Waals surface area contributed by atoms with Crippen LogP contribution in [0, 0.1) is 13.8 Å². The van der Waals surface area contributed by atoms with E-state index in [1.165, 1.54) is 6.26 Å². The first kappa shape index (κ1) is 21.0. The summed E-state index contributed by atoms with van der Waals surface area (Å²) in [6, 6.07) is 11.7. The number of carbonyl (C=O) groups excluding carboxylic acids is 1. The molecule has 4 rings (SSSR count). The summed E-state index contributed by atoms with van der Waals surface area (Å²) in [5.74, 6) is 0.701. The number of nitrogens with one attached hydrogen (secondary N) is 1. The van der Waals surface area contributed by atoms with Crippen LogP contribution in [0.2, 0.25) is 0 Å². The van der Waals surface area contributed by atoms with Crippen LogP contribution in [0.3, 0.4) is 0 Å². The number of amides is 1. The summed E-state index contributed by atoms with van der Waals surface area (Å²) >= 11 is 0. The molecule has 1 amide bonds. The van der Waals surface area contributed by atoms with Gasteiger partial charge < -0.3 is 14.1 Å². The zero-order valence-electron chi connectivity index (χ0n) is 17.6. The number of carbonyl (C=O) groups is 1. The molecule has 0 unspecified atom stereocenters. The van der Waals surface area contributed by atoms with E-state index in [9.17, 15) is 13.2 Å². The van der Waals surface area contributed by atoms with Crippen molar-refractivity contribution in [2.24, 2.45) is 0 Å². The highest BCUT2D eigenvalue weighted by atomic mass is 32.2. The van der Waals surface area contributed by atoms with Gasteiger partial charge in [0.15, 0.2) is 5.76 Å². The van der Waals surface area contributed by atoms with E-state index in [4.69, 9.17) is 9.15 Å². The van der Waals surface area contributed by atoms with Crippen LogP contribution in [-0.2, 0) is 16.4 Å². The Kier molecular flexibility index (Phi) is 5.49. The van der Waals surface area contributed by atoms with Crippen LogP contribution in [0.1, 0.15) is 34.2 Å². The second kappa shape index (κ2) is 8.11. The maximum atomic E-state index is 13.0. The zero-order valence-corrected chi connectivity index (χ0v) is 18.5. The van der Waals surface area contributed by atoms with Gasteiger partial charge in [-0.15, -0.1) is 0 Å². The Morgan fingerprint density at radius 1 is 1.16 bits per heavy atom. The molecule has 1 aliphatic heterocycles. The summed E-state index contributed by atoms with van der Waals surface area (Å²) in [4.78, 5) is 14.5. The number of aryl methyl sites for hydroxylation is 2. The Hall–Kier alpha value is -3.26. The fourth-order valence-corrected chi connectivity index (χ4v) is 5.06. The Morgan fingerprint density at radius 3 is 2.55 bits per heavy atom. The SMILES string of the molecule is CCOc1c(C)cc(S(=O)(=O)Nc2ccc3c(c2)N(C(=O)c2ccco2)CC3)cc1C. The Balaban J connectivity index is 1.62. The molecule has 2 heterocycles. The van der Waals surface area contributed by atoms with Crippen LogP contribution in [0.15, 0.2) is 58.0 Å². The molecule has 0 bridgehead atoms. The van der Waals surface area contributed by atoms with Crippen molar-refractivity contribution in [3.63, 3.8) is 0 Å². The molecule has 2 aromatic carbocycles. The van der Waals surface area contributed by atoms with E-state index in [1.54, 1.807) is 41.3 Å². The Bertz CT molecular complexity index is 1210. The van der Waals surface area contributed by atoms with Crippen LogP contribution in [0.4, 0.5) is 11.4 Å². The van der Waals surface area contributed by atoms with Gasteiger partial charge >= 0.3 is 0 Å². The van der Waals surface area contributed by atoms with E-state index in [0.717, 1.165) is 16.7 Å². The van der Waals surface area contributed by atoms with Crippen molar-refractivity contribution >= 4 is 27.3 Å².